The van der Waals surface area contributed by atoms with Crippen LogP contribution < -0.4 is 0 Å². The summed E-state index contributed by atoms with van der Waals surface area (Å²) in [5.41, 5.74) is 7.56. The molecule has 202 valence electrons. The summed E-state index contributed by atoms with van der Waals surface area (Å²) in [6.45, 7) is 14.8. The maximum atomic E-state index is 14.3. The lowest BCUT2D eigenvalue weighted by Gasteiger charge is -2.69. The van der Waals surface area contributed by atoms with Crippen molar-refractivity contribution in [3.8, 4) is 6.07 Å². The SMILES string of the molecule is CC1(C)C(=O)C(C#N)=C[C@]2(C)C3=CC(=O)[C@@H]4[C@@H]5C[C@@](C)(C(=O)N=[N+]=[N-])CC[C@]5(C)CC[C@@]4(C)[C@]3(C)CC[C@@H]12. The summed E-state index contributed by atoms with van der Waals surface area (Å²) in [7, 11) is 0. The van der Waals surface area contributed by atoms with Gasteiger partial charge in [0.15, 0.2) is 11.6 Å². The number of hydrogen-bond acceptors (Lipinski definition) is 4. The Morgan fingerprint density at radius 2 is 1.71 bits per heavy atom. The summed E-state index contributed by atoms with van der Waals surface area (Å²) >= 11 is 0. The lowest BCUT2D eigenvalue weighted by atomic mass is 9.34. The van der Waals surface area contributed by atoms with Crippen LogP contribution >= 0.6 is 0 Å². The van der Waals surface area contributed by atoms with Gasteiger partial charge in [0.25, 0.3) is 0 Å². The maximum Gasteiger partial charge on any atom is 0.224 e. The molecule has 0 spiro atoms. The number of carbonyl (C=O) groups is 3. The van der Waals surface area contributed by atoms with E-state index in [0.29, 0.717) is 12.8 Å². The first-order valence-electron chi connectivity index (χ1n) is 14.1. The third kappa shape index (κ3) is 3.13. The summed E-state index contributed by atoms with van der Waals surface area (Å²) in [5, 5.41) is 13.3. The van der Waals surface area contributed by atoms with Gasteiger partial charge in [-0.05, 0) is 89.7 Å². The van der Waals surface area contributed by atoms with Gasteiger partial charge in [-0.25, -0.2) is 0 Å². The number of allylic oxidation sites excluding steroid dienone is 4. The van der Waals surface area contributed by atoms with Crippen LogP contribution in [0.15, 0.2) is 28.4 Å². The van der Waals surface area contributed by atoms with Gasteiger partial charge in [-0.15, -0.1) is 0 Å². The average Bonchev–Trinajstić information content (AvgIpc) is 2.84. The van der Waals surface area contributed by atoms with Gasteiger partial charge in [0.2, 0.25) is 5.91 Å². The standard InChI is InChI=1S/C31H40N4O3/c1-26(2)21-8-9-30(6)22(29(21,5)15-18(17-32)24(26)37)14-20(36)23-19-16-28(4,25(38)34-35-33)11-10-27(19,3)12-13-31(23,30)7/h14-15,19,21,23H,8-13,16H2,1-7H3/t19-,21-,23-,27+,28-,29-,30+,31+/m0/s1. The van der Waals surface area contributed by atoms with E-state index in [9.17, 15) is 19.6 Å². The third-order valence-electron chi connectivity index (χ3n) is 12.7. The number of rotatable bonds is 1. The topological polar surface area (TPSA) is 124 Å². The molecule has 0 N–H and O–H groups in total. The minimum atomic E-state index is -0.762. The molecule has 0 saturated heterocycles. The quantitative estimate of drug-likeness (QED) is 0.210. The Bertz CT molecular complexity index is 1310. The highest BCUT2D eigenvalue weighted by atomic mass is 16.2. The van der Waals surface area contributed by atoms with Crippen LogP contribution in [0.4, 0.5) is 0 Å². The molecule has 7 heteroatoms. The van der Waals surface area contributed by atoms with Crippen LogP contribution in [0, 0.1) is 61.6 Å². The van der Waals surface area contributed by atoms with Crippen LogP contribution in [-0.2, 0) is 14.4 Å². The van der Waals surface area contributed by atoms with Crippen molar-refractivity contribution in [2.24, 2.45) is 55.4 Å². The summed E-state index contributed by atoms with van der Waals surface area (Å²) in [6, 6.07) is 2.16. The van der Waals surface area contributed by atoms with Crippen LogP contribution in [-0.4, -0.2) is 17.5 Å². The zero-order valence-electron chi connectivity index (χ0n) is 23.9. The molecular formula is C31H40N4O3. The maximum absolute atomic E-state index is 14.3. The summed E-state index contributed by atoms with van der Waals surface area (Å²) in [4.78, 5) is 43.2. The molecule has 0 bridgehead atoms. The Balaban J connectivity index is 1.66. The molecule has 8 atom stereocenters. The minimum absolute atomic E-state index is 0.0140. The fraction of sp³-hybridized carbons (Fsp3) is 0.742. The van der Waals surface area contributed by atoms with E-state index < -0.39 is 22.2 Å². The molecule has 0 aromatic rings. The molecule has 0 aromatic carbocycles. The number of fused-ring (bicyclic) bond motifs is 7. The van der Waals surface area contributed by atoms with Crippen molar-refractivity contribution in [1.29, 1.82) is 5.26 Å². The lowest BCUT2D eigenvalue weighted by molar-refractivity contribution is -0.171. The van der Waals surface area contributed by atoms with Crippen LogP contribution in [0.1, 0.15) is 93.4 Å². The van der Waals surface area contributed by atoms with E-state index in [2.05, 4.69) is 43.8 Å². The zero-order valence-corrected chi connectivity index (χ0v) is 23.9. The monoisotopic (exact) mass is 516 g/mol. The molecule has 3 saturated carbocycles. The largest absolute Gasteiger partial charge is 0.295 e. The van der Waals surface area contributed by atoms with Gasteiger partial charge < -0.3 is 0 Å². The van der Waals surface area contributed by atoms with E-state index in [0.717, 1.165) is 37.7 Å². The number of amides is 1. The second kappa shape index (κ2) is 7.92. The molecule has 0 unspecified atom stereocenters. The molecule has 1 amide bonds. The molecule has 0 aromatic heterocycles. The van der Waals surface area contributed by atoms with Crippen LogP contribution in [0.25, 0.3) is 10.4 Å². The smallest absolute Gasteiger partial charge is 0.224 e. The molecule has 0 radical (unpaired) electrons. The first-order valence-corrected chi connectivity index (χ1v) is 14.1. The van der Waals surface area contributed by atoms with E-state index in [-0.39, 0.29) is 51.1 Å². The number of hydrogen-bond donors (Lipinski definition) is 0. The number of Topliss-reactive ketones (excluding diaryl/α,β-unsaturated/α-hetero) is 1. The molecule has 0 aliphatic heterocycles. The highest BCUT2D eigenvalue weighted by Crippen LogP contribution is 2.74. The van der Waals surface area contributed by atoms with Gasteiger partial charge in [0.1, 0.15) is 6.07 Å². The lowest BCUT2D eigenvalue weighted by Crippen LogP contribution is -2.64. The number of nitriles is 1. The third-order valence-corrected chi connectivity index (χ3v) is 12.7. The molecule has 0 heterocycles. The van der Waals surface area contributed by atoms with E-state index in [4.69, 9.17) is 5.53 Å². The molecular weight excluding hydrogens is 476 g/mol. The fourth-order valence-corrected chi connectivity index (χ4v) is 10.1. The first-order chi connectivity index (χ1) is 17.5. The van der Waals surface area contributed by atoms with Crippen LogP contribution in [0.5, 0.6) is 0 Å². The predicted octanol–water partition coefficient (Wildman–Crippen LogP) is 7.04. The zero-order chi connectivity index (χ0) is 28.1. The van der Waals surface area contributed by atoms with E-state index in [1.807, 2.05) is 32.9 Å². The molecule has 5 aliphatic rings. The van der Waals surface area contributed by atoms with E-state index in [1.165, 1.54) is 0 Å². The normalized spacial score (nSPS) is 47.1. The van der Waals surface area contributed by atoms with Crippen LogP contribution in [0.2, 0.25) is 0 Å². The molecule has 38 heavy (non-hydrogen) atoms. The van der Waals surface area contributed by atoms with Gasteiger partial charge in [-0.3, -0.25) is 14.4 Å². The van der Waals surface area contributed by atoms with Gasteiger partial charge in [-0.1, -0.05) is 60.1 Å². The Labute approximate surface area is 225 Å². The Kier molecular flexibility index (Phi) is 5.60. The van der Waals surface area contributed by atoms with Gasteiger partial charge in [0.05, 0.1) is 5.57 Å². The van der Waals surface area contributed by atoms with Crippen molar-refractivity contribution >= 4 is 17.5 Å². The molecule has 5 aliphatic carbocycles. The fourth-order valence-electron chi connectivity index (χ4n) is 10.1. The van der Waals surface area contributed by atoms with Crippen molar-refractivity contribution in [2.75, 3.05) is 0 Å². The van der Waals surface area contributed by atoms with Crippen molar-refractivity contribution in [2.45, 2.75) is 93.4 Å². The number of azide groups is 1. The Morgan fingerprint density at radius 3 is 2.34 bits per heavy atom. The van der Waals surface area contributed by atoms with Crippen LogP contribution in [0.3, 0.4) is 0 Å². The summed E-state index contributed by atoms with van der Waals surface area (Å²) in [6.07, 6.45) is 9.42. The second-order valence-corrected chi connectivity index (χ2v) is 14.8. The summed E-state index contributed by atoms with van der Waals surface area (Å²) < 4.78 is 0. The molecule has 5 rings (SSSR count). The molecule has 7 nitrogen and oxygen atoms in total. The van der Waals surface area contributed by atoms with Crippen molar-refractivity contribution < 1.29 is 14.4 Å². The van der Waals surface area contributed by atoms with Gasteiger partial charge >= 0.3 is 0 Å². The van der Waals surface area contributed by atoms with E-state index >= 15 is 0 Å². The molecule has 3 fully saturated rings. The van der Waals surface area contributed by atoms with Crippen molar-refractivity contribution in [3.05, 3.63) is 33.7 Å². The minimum Gasteiger partial charge on any atom is -0.295 e. The Hall–Kier alpha value is -2.71. The van der Waals surface area contributed by atoms with Gasteiger partial charge in [0, 0.05) is 27.1 Å². The highest BCUT2D eigenvalue weighted by molar-refractivity contribution is 6.04. The number of nitrogens with zero attached hydrogens (tertiary/aromatic N) is 4. The predicted molar refractivity (Wildman–Crippen MR) is 143 cm³/mol. The summed E-state index contributed by atoms with van der Waals surface area (Å²) in [5.74, 6) is -0.611. The number of carbonyl (C=O) groups excluding carboxylic acids is 3. The van der Waals surface area contributed by atoms with Crippen molar-refractivity contribution in [1.82, 2.24) is 0 Å². The van der Waals surface area contributed by atoms with Crippen molar-refractivity contribution in [3.63, 3.8) is 0 Å². The van der Waals surface area contributed by atoms with Gasteiger partial charge in [-0.2, -0.15) is 5.26 Å². The first kappa shape index (κ1) is 26.9. The second-order valence-electron chi connectivity index (χ2n) is 14.8. The number of ketones is 2. The average molecular weight is 517 g/mol. The Morgan fingerprint density at radius 1 is 1.05 bits per heavy atom. The highest BCUT2D eigenvalue weighted by Gasteiger charge is 2.69. The van der Waals surface area contributed by atoms with E-state index in [1.54, 1.807) is 0 Å².